The van der Waals surface area contributed by atoms with Gasteiger partial charge in [-0.25, -0.2) is 0 Å². The third-order valence-electron chi connectivity index (χ3n) is 3.58. The molecule has 3 N–H and O–H groups in total. The molecule has 1 fully saturated rings. The Labute approximate surface area is 119 Å². The first-order valence-corrected chi connectivity index (χ1v) is 7.34. The third-order valence-corrected chi connectivity index (χ3v) is 3.58. The van der Waals surface area contributed by atoms with E-state index in [1.807, 2.05) is 0 Å². The molecule has 0 aromatic carbocycles. The van der Waals surface area contributed by atoms with Crippen LogP contribution in [0.2, 0.25) is 0 Å². The van der Waals surface area contributed by atoms with Crippen LogP contribution in [0.5, 0.6) is 0 Å². The lowest BCUT2D eigenvalue weighted by Gasteiger charge is -2.22. The minimum absolute atomic E-state index is 0.102. The first kappa shape index (κ1) is 14.9. The fraction of sp³-hybridized carbons (Fsp3) is 0.600. The summed E-state index contributed by atoms with van der Waals surface area (Å²) >= 11 is 0. The van der Waals surface area contributed by atoms with Crippen LogP contribution in [0, 0.1) is 0 Å². The number of nitrogens with zero attached hydrogens (tertiary/aromatic N) is 1. The number of rotatable bonds is 6. The smallest absolute Gasteiger partial charge is 0.251 e. The van der Waals surface area contributed by atoms with E-state index >= 15 is 0 Å². The molecular formula is C15H23N3O2. The number of hydrogen-bond donors (Lipinski definition) is 2. The van der Waals surface area contributed by atoms with Crippen LogP contribution in [0.1, 0.15) is 48.2 Å². The van der Waals surface area contributed by atoms with E-state index in [0.29, 0.717) is 31.4 Å². The molecule has 1 heterocycles. The SMILES string of the molecule is NCc1cc(C(=O)NCCOC2CCCCC2)ccn1. The van der Waals surface area contributed by atoms with Gasteiger partial charge in [0.05, 0.1) is 18.4 Å². The Morgan fingerprint density at radius 3 is 2.95 bits per heavy atom. The Kier molecular flexibility index (Phi) is 5.95. The van der Waals surface area contributed by atoms with Crippen molar-refractivity contribution in [1.82, 2.24) is 10.3 Å². The zero-order chi connectivity index (χ0) is 14.2. The number of amides is 1. The van der Waals surface area contributed by atoms with Crippen molar-refractivity contribution in [1.29, 1.82) is 0 Å². The van der Waals surface area contributed by atoms with Crippen LogP contribution in [0.15, 0.2) is 18.3 Å². The Hall–Kier alpha value is -1.46. The number of carbonyl (C=O) groups excluding carboxylic acids is 1. The summed E-state index contributed by atoms with van der Waals surface area (Å²) in [5.41, 5.74) is 6.82. The average molecular weight is 277 g/mol. The minimum atomic E-state index is -0.102. The van der Waals surface area contributed by atoms with E-state index in [0.717, 1.165) is 18.5 Å². The van der Waals surface area contributed by atoms with Gasteiger partial charge in [-0.2, -0.15) is 0 Å². The van der Waals surface area contributed by atoms with Gasteiger partial charge in [-0.15, -0.1) is 0 Å². The molecule has 1 saturated carbocycles. The van der Waals surface area contributed by atoms with E-state index in [-0.39, 0.29) is 5.91 Å². The summed E-state index contributed by atoms with van der Waals surface area (Å²) < 4.78 is 5.77. The summed E-state index contributed by atoms with van der Waals surface area (Å²) in [5.74, 6) is -0.102. The van der Waals surface area contributed by atoms with Crippen molar-refractivity contribution in [3.63, 3.8) is 0 Å². The molecule has 20 heavy (non-hydrogen) atoms. The Morgan fingerprint density at radius 2 is 2.20 bits per heavy atom. The molecule has 5 nitrogen and oxygen atoms in total. The maximum Gasteiger partial charge on any atom is 0.251 e. The summed E-state index contributed by atoms with van der Waals surface area (Å²) in [4.78, 5) is 16.0. The fourth-order valence-corrected chi connectivity index (χ4v) is 2.46. The van der Waals surface area contributed by atoms with Crippen molar-refractivity contribution in [3.8, 4) is 0 Å². The normalized spacial score (nSPS) is 16.1. The van der Waals surface area contributed by atoms with Crippen molar-refractivity contribution in [2.45, 2.75) is 44.8 Å². The van der Waals surface area contributed by atoms with Crippen LogP contribution in [0.25, 0.3) is 0 Å². The van der Waals surface area contributed by atoms with Gasteiger partial charge in [0.25, 0.3) is 5.91 Å². The van der Waals surface area contributed by atoms with Gasteiger partial charge < -0.3 is 15.8 Å². The second kappa shape index (κ2) is 7.97. The van der Waals surface area contributed by atoms with Crippen LogP contribution in [0.3, 0.4) is 0 Å². The predicted octanol–water partition coefficient (Wildman–Crippen LogP) is 1.62. The average Bonchev–Trinajstić information content (AvgIpc) is 2.52. The van der Waals surface area contributed by atoms with Gasteiger partial charge in [0.15, 0.2) is 0 Å². The molecule has 0 radical (unpaired) electrons. The summed E-state index contributed by atoms with van der Waals surface area (Å²) in [5, 5.41) is 2.86. The van der Waals surface area contributed by atoms with Gasteiger partial charge in [0, 0.05) is 24.8 Å². The summed E-state index contributed by atoms with van der Waals surface area (Å²) in [6.07, 6.45) is 8.13. The molecule has 1 aromatic rings. The highest BCUT2D eigenvalue weighted by Crippen LogP contribution is 2.19. The van der Waals surface area contributed by atoms with Crippen LogP contribution in [0.4, 0.5) is 0 Å². The Bertz CT molecular complexity index is 431. The van der Waals surface area contributed by atoms with E-state index in [2.05, 4.69) is 10.3 Å². The maximum absolute atomic E-state index is 11.9. The molecule has 0 bridgehead atoms. The highest BCUT2D eigenvalue weighted by Gasteiger charge is 2.13. The van der Waals surface area contributed by atoms with Crippen molar-refractivity contribution >= 4 is 5.91 Å². The largest absolute Gasteiger partial charge is 0.376 e. The molecule has 1 aliphatic rings. The van der Waals surface area contributed by atoms with E-state index in [1.54, 1.807) is 18.3 Å². The molecule has 0 saturated heterocycles. The topological polar surface area (TPSA) is 77.2 Å². The van der Waals surface area contributed by atoms with Crippen LogP contribution < -0.4 is 11.1 Å². The molecule has 0 unspecified atom stereocenters. The number of carbonyl (C=O) groups is 1. The lowest BCUT2D eigenvalue weighted by Crippen LogP contribution is -2.29. The minimum Gasteiger partial charge on any atom is -0.376 e. The molecule has 1 aliphatic carbocycles. The molecule has 5 heteroatoms. The van der Waals surface area contributed by atoms with Gasteiger partial charge in [0.2, 0.25) is 0 Å². The number of nitrogens with one attached hydrogen (secondary N) is 1. The van der Waals surface area contributed by atoms with Crippen molar-refractivity contribution in [2.75, 3.05) is 13.2 Å². The van der Waals surface area contributed by atoms with Gasteiger partial charge in [-0.05, 0) is 25.0 Å². The molecule has 0 atom stereocenters. The molecule has 0 aliphatic heterocycles. The van der Waals surface area contributed by atoms with Crippen molar-refractivity contribution in [3.05, 3.63) is 29.6 Å². The zero-order valence-electron chi connectivity index (χ0n) is 11.8. The quantitative estimate of drug-likeness (QED) is 0.775. The number of pyridine rings is 1. The maximum atomic E-state index is 11.9. The van der Waals surface area contributed by atoms with Crippen molar-refractivity contribution in [2.24, 2.45) is 5.73 Å². The number of aromatic nitrogens is 1. The molecular weight excluding hydrogens is 254 g/mol. The van der Waals surface area contributed by atoms with E-state index in [9.17, 15) is 4.79 Å². The third kappa shape index (κ3) is 4.58. The van der Waals surface area contributed by atoms with Gasteiger partial charge in [-0.1, -0.05) is 19.3 Å². The second-order valence-electron chi connectivity index (χ2n) is 5.13. The fourth-order valence-electron chi connectivity index (χ4n) is 2.46. The molecule has 2 rings (SSSR count). The van der Waals surface area contributed by atoms with Gasteiger partial charge >= 0.3 is 0 Å². The molecule has 110 valence electrons. The lowest BCUT2D eigenvalue weighted by atomic mass is 9.98. The number of nitrogens with two attached hydrogens (primary N) is 1. The van der Waals surface area contributed by atoms with E-state index < -0.39 is 0 Å². The Balaban J connectivity index is 1.69. The lowest BCUT2D eigenvalue weighted by molar-refractivity contribution is 0.0299. The van der Waals surface area contributed by atoms with Crippen molar-refractivity contribution < 1.29 is 9.53 Å². The first-order chi connectivity index (χ1) is 9.79. The van der Waals surface area contributed by atoms with Crippen LogP contribution >= 0.6 is 0 Å². The van der Waals surface area contributed by atoms with E-state index in [4.69, 9.17) is 10.5 Å². The van der Waals surface area contributed by atoms with Gasteiger partial charge in [-0.3, -0.25) is 9.78 Å². The monoisotopic (exact) mass is 277 g/mol. The number of ether oxygens (including phenoxy) is 1. The van der Waals surface area contributed by atoms with E-state index in [1.165, 1.54) is 19.3 Å². The standard InChI is InChI=1S/C15H23N3O2/c16-11-13-10-12(6-7-17-13)15(19)18-8-9-20-14-4-2-1-3-5-14/h6-7,10,14H,1-5,8-9,11,16H2,(H,18,19). The first-order valence-electron chi connectivity index (χ1n) is 7.34. The summed E-state index contributed by atoms with van der Waals surface area (Å²) in [6.45, 7) is 1.45. The highest BCUT2D eigenvalue weighted by atomic mass is 16.5. The summed E-state index contributed by atoms with van der Waals surface area (Å²) in [6, 6.07) is 3.41. The highest BCUT2D eigenvalue weighted by molar-refractivity contribution is 5.94. The Morgan fingerprint density at radius 1 is 1.40 bits per heavy atom. The molecule has 1 aromatic heterocycles. The molecule has 0 spiro atoms. The second-order valence-corrected chi connectivity index (χ2v) is 5.13. The van der Waals surface area contributed by atoms with Gasteiger partial charge in [0.1, 0.15) is 0 Å². The number of hydrogen-bond acceptors (Lipinski definition) is 4. The van der Waals surface area contributed by atoms with Crippen LogP contribution in [-0.4, -0.2) is 30.1 Å². The molecule has 1 amide bonds. The van der Waals surface area contributed by atoms with Crippen LogP contribution in [-0.2, 0) is 11.3 Å². The summed E-state index contributed by atoms with van der Waals surface area (Å²) in [7, 11) is 0. The predicted molar refractivity (Wildman–Crippen MR) is 77.3 cm³/mol. The zero-order valence-corrected chi connectivity index (χ0v) is 11.8.